The molecule has 3 atom stereocenters. The quantitative estimate of drug-likeness (QED) is 0.446. The highest BCUT2D eigenvalue weighted by atomic mass is 32.2. The van der Waals surface area contributed by atoms with Gasteiger partial charge in [-0.05, 0) is 30.3 Å². The predicted molar refractivity (Wildman–Crippen MR) is 154 cm³/mol. The van der Waals surface area contributed by atoms with Gasteiger partial charge in [0.25, 0.3) is 12.3 Å². The number of aliphatic hydroxyl groups excluding tert-OH is 1. The zero-order valence-corrected chi connectivity index (χ0v) is 24.3. The van der Waals surface area contributed by atoms with E-state index in [2.05, 4.69) is 4.90 Å². The number of nitrogens with zero attached hydrogens (tertiary/aromatic N) is 5. The number of thioether (sulfide) groups is 1. The second kappa shape index (κ2) is 11.2. The number of hydrogen-bond donors (Lipinski definition) is 1. The lowest BCUT2D eigenvalue weighted by Crippen LogP contribution is -2.66. The van der Waals surface area contributed by atoms with Gasteiger partial charge in [0, 0.05) is 61.2 Å². The van der Waals surface area contributed by atoms with Gasteiger partial charge in [0.15, 0.2) is 17.3 Å². The maximum atomic E-state index is 15.4. The molecule has 226 valence electrons. The Morgan fingerprint density at radius 1 is 1.02 bits per heavy atom. The van der Waals surface area contributed by atoms with E-state index in [-0.39, 0.29) is 35.9 Å². The highest BCUT2D eigenvalue weighted by Gasteiger charge is 2.46. The molecule has 0 spiro atoms. The van der Waals surface area contributed by atoms with Crippen LogP contribution in [0.1, 0.15) is 33.2 Å². The summed E-state index contributed by atoms with van der Waals surface area (Å²) in [5.41, 5.74) is 1.01. The molecule has 4 aliphatic rings. The number of amides is 1. The van der Waals surface area contributed by atoms with Crippen molar-refractivity contribution in [2.45, 2.75) is 29.3 Å². The summed E-state index contributed by atoms with van der Waals surface area (Å²) in [6.07, 6.45) is -0.574. The lowest BCUT2D eigenvalue weighted by atomic mass is 9.93. The highest BCUT2D eigenvalue weighted by molar-refractivity contribution is 7.98. The molecule has 10 nitrogen and oxygen atoms in total. The summed E-state index contributed by atoms with van der Waals surface area (Å²) in [5, 5.41) is 12.9. The van der Waals surface area contributed by atoms with Crippen molar-refractivity contribution < 1.29 is 28.2 Å². The molecule has 1 amide bonds. The Bertz CT molecular complexity index is 1630. The fourth-order valence-electron chi connectivity index (χ4n) is 6.31. The van der Waals surface area contributed by atoms with Crippen LogP contribution >= 0.6 is 11.8 Å². The molecular formula is C30H31F2N5O5S. The van der Waals surface area contributed by atoms with E-state index < -0.39 is 41.6 Å². The van der Waals surface area contributed by atoms with E-state index in [1.807, 2.05) is 36.3 Å². The van der Waals surface area contributed by atoms with Crippen molar-refractivity contribution in [1.29, 1.82) is 0 Å². The Hall–Kier alpha value is -3.49. The summed E-state index contributed by atoms with van der Waals surface area (Å²) < 4.78 is 43.2. The monoisotopic (exact) mass is 611 g/mol. The maximum absolute atomic E-state index is 15.4. The number of ether oxygens (including phenoxy) is 2. The van der Waals surface area contributed by atoms with Crippen LogP contribution in [0.15, 0.2) is 58.4 Å². The van der Waals surface area contributed by atoms with Gasteiger partial charge in [-0.15, -0.1) is 11.8 Å². The molecule has 4 aliphatic heterocycles. The fourth-order valence-corrected chi connectivity index (χ4v) is 7.42. The molecule has 1 N–H and O–H groups in total. The Morgan fingerprint density at radius 2 is 1.81 bits per heavy atom. The molecule has 7 rings (SSSR count). The Labute approximate surface area is 251 Å². The first-order chi connectivity index (χ1) is 20.8. The molecule has 1 unspecified atom stereocenters. The summed E-state index contributed by atoms with van der Waals surface area (Å²) >= 11 is 1.41. The third kappa shape index (κ3) is 4.79. The van der Waals surface area contributed by atoms with E-state index >= 15 is 4.39 Å². The van der Waals surface area contributed by atoms with Gasteiger partial charge in [0.1, 0.15) is 6.17 Å². The van der Waals surface area contributed by atoms with E-state index in [1.165, 1.54) is 24.0 Å². The van der Waals surface area contributed by atoms with Crippen molar-refractivity contribution in [3.8, 4) is 5.75 Å². The van der Waals surface area contributed by atoms with E-state index in [0.29, 0.717) is 38.3 Å². The molecule has 43 heavy (non-hydrogen) atoms. The summed E-state index contributed by atoms with van der Waals surface area (Å²) in [5.74, 6) is -2.34. The minimum atomic E-state index is -1.44. The van der Waals surface area contributed by atoms with E-state index in [0.717, 1.165) is 16.5 Å². The van der Waals surface area contributed by atoms with Crippen LogP contribution in [-0.4, -0.2) is 96.0 Å². The van der Waals surface area contributed by atoms with Crippen LogP contribution in [0, 0.1) is 11.6 Å². The number of fused-ring (bicyclic) bond motifs is 4. The van der Waals surface area contributed by atoms with Crippen LogP contribution in [0.2, 0.25) is 0 Å². The van der Waals surface area contributed by atoms with Crippen molar-refractivity contribution >= 4 is 17.7 Å². The number of likely N-dealkylation sites (N-methyl/N-ethyl adjacent to an activating group) is 1. The number of benzene rings is 2. The minimum Gasteiger partial charge on any atom is -0.445 e. The first-order valence-corrected chi connectivity index (χ1v) is 15.2. The van der Waals surface area contributed by atoms with Crippen molar-refractivity contribution in [3.05, 3.63) is 92.9 Å². The highest BCUT2D eigenvalue weighted by Crippen LogP contribution is 2.45. The molecule has 2 fully saturated rings. The number of carbonyl (C=O) groups excluding carboxylic acids is 1. The zero-order chi connectivity index (χ0) is 29.8. The smallest absolute Gasteiger partial charge is 0.278 e. The lowest BCUT2D eigenvalue weighted by molar-refractivity contribution is -0.146. The first kappa shape index (κ1) is 28.3. The number of aliphatic hydroxyl groups is 1. The number of pyridine rings is 1. The number of rotatable bonds is 4. The Morgan fingerprint density at radius 3 is 2.63 bits per heavy atom. The Kier molecular flexibility index (Phi) is 7.38. The summed E-state index contributed by atoms with van der Waals surface area (Å²) in [6.45, 7) is 3.17. The molecule has 0 bridgehead atoms. The third-order valence-electron chi connectivity index (χ3n) is 8.61. The molecule has 5 heterocycles. The Balaban J connectivity index is 1.41. The third-order valence-corrected chi connectivity index (χ3v) is 9.72. The van der Waals surface area contributed by atoms with Gasteiger partial charge in [0.2, 0.25) is 11.2 Å². The predicted octanol–water partition coefficient (Wildman–Crippen LogP) is 2.17. The van der Waals surface area contributed by atoms with Crippen LogP contribution in [-0.2, 0) is 10.5 Å². The van der Waals surface area contributed by atoms with Crippen LogP contribution < -0.4 is 15.2 Å². The van der Waals surface area contributed by atoms with Gasteiger partial charge in [-0.3, -0.25) is 19.3 Å². The molecule has 1 aromatic heterocycles. The van der Waals surface area contributed by atoms with Gasteiger partial charge >= 0.3 is 0 Å². The summed E-state index contributed by atoms with van der Waals surface area (Å²) in [7, 11) is 1.99. The van der Waals surface area contributed by atoms with Gasteiger partial charge < -0.3 is 24.4 Å². The van der Waals surface area contributed by atoms with Crippen LogP contribution in [0.4, 0.5) is 8.78 Å². The minimum absolute atomic E-state index is 0.0441. The van der Waals surface area contributed by atoms with E-state index in [1.54, 1.807) is 20.5 Å². The van der Waals surface area contributed by atoms with Crippen LogP contribution in [0.5, 0.6) is 5.75 Å². The maximum Gasteiger partial charge on any atom is 0.278 e. The zero-order valence-electron chi connectivity index (χ0n) is 23.5. The SMILES string of the molecule is CN1CCN(C(O)Oc2c3n(ccc2=O)N([C@@H]2c4ccccc4SCc4c2ccc(F)c4F)[C@@H]2COCCN2C3=O)CC1. The topological polar surface area (TPSA) is 90.7 Å². The average molecular weight is 612 g/mol. The molecule has 2 aromatic carbocycles. The number of aromatic nitrogens is 1. The van der Waals surface area contributed by atoms with Crippen LogP contribution in [0.3, 0.4) is 0 Å². The van der Waals surface area contributed by atoms with Gasteiger partial charge in [-0.2, -0.15) is 0 Å². The number of halogens is 2. The fraction of sp³-hybridized carbons (Fsp3) is 0.400. The molecule has 0 saturated carbocycles. The summed E-state index contributed by atoms with van der Waals surface area (Å²) in [6, 6.07) is 11.0. The number of hydrogen-bond acceptors (Lipinski definition) is 9. The van der Waals surface area contributed by atoms with Gasteiger partial charge in [-0.1, -0.05) is 24.3 Å². The first-order valence-electron chi connectivity index (χ1n) is 14.2. The molecule has 13 heteroatoms. The second-order valence-corrected chi connectivity index (χ2v) is 12.1. The number of piperazine rings is 1. The average Bonchev–Trinajstić information content (AvgIpc) is 3.18. The molecule has 0 aliphatic carbocycles. The normalized spacial score (nSPS) is 23.1. The lowest BCUT2D eigenvalue weighted by Gasteiger charge is -2.51. The molecule has 2 saturated heterocycles. The van der Waals surface area contributed by atoms with E-state index in [4.69, 9.17) is 9.47 Å². The summed E-state index contributed by atoms with van der Waals surface area (Å²) in [4.78, 5) is 33.7. The van der Waals surface area contributed by atoms with Crippen molar-refractivity contribution in [1.82, 2.24) is 19.4 Å². The van der Waals surface area contributed by atoms with E-state index in [9.17, 15) is 19.1 Å². The standard InChI is InChI=1S/C30H31F2N5O5S/c1-33-10-12-34(13-11-33)30(40)42-28-22(38)8-9-36-27(28)29(39)35-14-15-41-16-24(35)37(36)26-18-6-7-21(31)25(32)20(18)17-43-23-5-3-2-4-19(23)26/h2-9,24,26,30,40H,10-17H2,1H3/t24-,26+,30?/m1/s1. The second-order valence-electron chi connectivity index (χ2n) is 11.1. The van der Waals surface area contributed by atoms with Crippen molar-refractivity contribution in [3.63, 3.8) is 0 Å². The van der Waals surface area contributed by atoms with Crippen LogP contribution in [0.25, 0.3) is 0 Å². The van der Waals surface area contributed by atoms with Crippen molar-refractivity contribution in [2.75, 3.05) is 58.0 Å². The molecule has 0 radical (unpaired) electrons. The number of carbonyl (C=O) groups is 1. The van der Waals surface area contributed by atoms with Gasteiger partial charge in [-0.25, -0.2) is 13.7 Å². The molecule has 3 aromatic rings. The van der Waals surface area contributed by atoms with Crippen molar-refractivity contribution in [2.24, 2.45) is 0 Å². The largest absolute Gasteiger partial charge is 0.445 e. The van der Waals surface area contributed by atoms with Gasteiger partial charge in [0.05, 0.1) is 19.3 Å². The molecular weight excluding hydrogens is 580 g/mol. The number of morpholine rings is 1.